The molecule has 3 aliphatic rings. The third-order valence-corrected chi connectivity index (χ3v) is 8.18. The molecule has 0 spiro atoms. The molecule has 1 N–H and O–H groups in total. The molecule has 3 atom stereocenters. The van der Waals surface area contributed by atoms with Crippen molar-refractivity contribution in [1.82, 2.24) is 10.3 Å². The Balaban J connectivity index is 0.00000231. The van der Waals surface area contributed by atoms with Crippen LogP contribution in [-0.2, 0) is 9.54 Å². The highest BCUT2D eigenvalue weighted by Crippen LogP contribution is 2.54. The maximum Gasteiger partial charge on any atom is 0.248 e. The number of benzene rings is 1. The van der Waals surface area contributed by atoms with Gasteiger partial charge in [-0.05, 0) is 55.1 Å². The molecule has 5 nitrogen and oxygen atoms in total. The second-order valence-corrected chi connectivity index (χ2v) is 9.72. The summed E-state index contributed by atoms with van der Waals surface area (Å²) < 4.78 is -0.615. The number of anilines is 2. The van der Waals surface area contributed by atoms with E-state index in [1.165, 1.54) is 0 Å². The Hall–Kier alpha value is -1.73. The number of aromatic nitrogens is 1. The molecular weight excluding hydrogens is 451 g/mol. The van der Waals surface area contributed by atoms with Crippen LogP contribution in [0.5, 0.6) is 0 Å². The highest BCUT2D eigenvalue weighted by Gasteiger charge is 2.53. The second-order valence-electron chi connectivity index (χ2n) is 8.14. The number of carbonyl (C=O) groups is 1. The first-order valence-corrected chi connectivity index (χ1v) is 11.7. The Morgan fingerprint density at radius 2 is 1.97 bits per heavy atom. The minimum Gasteiger partial charge on any atom is -0.355 e. The highest BCUT2D eigenvalue weighted by atomic mass is 35.5. The average molecular weight is 477 g/mol. The highest BCUT2D eigenvalue weighted by molar-refractivity contribution is 8.04. The number of carbonyl (C=O) groups excluding carboxylic acids is 1. The van der Waals surface area contributed by atoms with Crippen LogP contribution < -0.4 is 15.1 Å². The van der Waals surface area contributed by atoms with Gasteiger partial charge < -0.3 is 15.1 Å². The molecule has 2 fully saturated rings. The largest absolute Gasteiger partial charge is 0.355 e. The molecule has 2 saturated heterocycles. The molecule has 1 amide bonds. The van der Waals surface area contributed by atoms with Crippen molar-refractivity contribution in [3.8, 4) is 0 Å². The number of hydrogen-bond donors (Lipinski definition) is 1. The number of rotatable bonds is 4. The number of fused-ring (bicyclic) bond motifs is 1. The summed E-state index contributed by atoms with van der Waals surface area (Å²) in [5, 5.41) is 6.10. The van der Waals surface area contributed by atoms with Gasteiger partial charge in [-0.15, -0.1) is 24.2 Å². The van der Waals surface area contributed by atoms with Gasteiger partial charge in [-0.1, -0.05) is 29.8 Å². The van der Waals surface area contributed by atoms with Crippen molar-refractivity contribution in [3.63, 3.8) is 0 Å². The summed E-state index contributed by atoms with van der Waals surface area (Å²) in [5.41, 5.74) is 1.88. The molecule has 2 aromatic rings. The van der Waals surface area contributed by atoms with Crippen molar-refractivity contribution in [2.75, 3.05) is 36.5 Å². The molecule has 0 aliphatic carbocycles. The fourth-order valence-corrected chi connectivity index (χ4v) is 6.28. The number of amides is 1. The normalized spacial score (nSPS) is 27.4. The Kier molecular flexibility index (Phi) is 6.54. The zero-order valence-electron chi connectivity index (χ0n) is 17.3. The van der Waals surface area contributed by atoms with E-state index in [2.05, 4.69) is 21.7 Å². The standard InChI is InChI=1S/C23H25ClN4OS.ClH/c1-25-19-9-11-27(15-19)21-7-6-20(14-26-21)28-12-8-17-10-13-30-23(17,22(28)29)16-2-4-18(24)5-3-16;/h2-7,10,13-14,17,19,25H,8-9,11-12,15H2,1H3;1H/t17?,19-,23?;/m1./s1. The molecule has 1 aromatic carbocycles. The smallest absolute Gasteiger partial charge is 0.248 e. The third-order valence-electron chi connectivity index (χ3n) is 6.55. The monoisotopic (exact) mass is 476 g/mol. The first-order valence-electron chi connectivity index (χ1n) is 10.4. The zero-order valence-corrected chi connectivity index (χ0v) is 19.7. The summed E-state index contributed by atoms with van der Waals surface area (Å²) in [6, 6.07) is 12.3. The number of hydrogen-bond acceptors (Lipinski definition) is 5. The molecule has 4 heterocycles. The third kappa shape index (κ3) is 3.84. The summed E-state index contributed by atoms with van der Waals surface area (Å²) >= 11 is 7.72. The van der Waals surface area contributed by atoms with Gasteiger partial charge in [0.2, 0.25) is 5.91 Å². The number of piperidine rings is 1. The number of nitrogens with zero attached hydrogens (tertiary/aromatic N) is 3. The summed E-state index contributed by atoms with van der Waals surface area (Å²) in [6.07, 6.45) is 6.08. The summed E-state index contributed by atoms with van der Waals surface area (Å²) in [5.74, 6) is 1.30. The van der Waals surface area contributed by atoms with E-state index in [9.17, 15) is 4.79 Å². The fourth-order valence-electron chi connectivity index (χ4n) is 4.82. The molecule has 0 radical (unpaired) electrons. The van der Waals surface area contributed by atoms with Crippen LogP contribution in [0.3, 0.4) is 0 Å². The number of pyridine rings is 1. The lowest BCUT2D eigenvalue weighted by atomic mass is 9.79. The van der Waals surface area contributed by atoms with E-state index in [0.717, 1.165) is 43.0 Å². The van der Waals surface area contributed by atoms with E-state index in [-0.39, 0.29) is 24.2 Å². The van der Waals surface area contributed by atoms with Gasteiger partial charge in [-0.2, -0.15) is 0 Å². The minimum atomic E-state index is -0.615. The quantitative estimate of drug-likeness (QED) is 0.705. The summed E-state index contributed by atoms with van der Waals surface area (Å²) in [4.78, 5) is 22.7. The van der Waals surface area contributed by atoms with Crippen molar-refractivity contribution in [1.29, 1.82) is 0 Å². The van der Waals surface area contributed by atoms with E-state index in [1.807, 2.05) is 54.5 Å². The predicted molar refractivity (Wildman–Crippen MR) is 131 cm³/mol. The Bertz CT molecular complexity index is 969. The number of allylic oxidation sites excluding steroid dienone is 1. The number of thioether (sulfide) groups is 1. The first-order chi connectivity index (χ1) is 14.6. The van der Waals surface area contributed by atoms with Gasteiger partial charge in [0.15, 0.2) is 0 Å². The van der Waals surface area contributed by atoms with Gasteiger partial charge in [-0.25, -0.2) is 4.98 Å². The maximum absolute atomic E-state index is 13.8. The van der Waals surface area contributed by atoms with Crippen molar-refractivity contribution in [2.24, 2.45) is 5.92 Å². The number of halogens is 2. The van der Waals surface area contributed by atoms with Crippen LogP contribution in [0.15, 0.2) is 54.1 Å². The SMILES string of the molecule is CN[C@@H]1CCN(c2ccc(N3CCC4C=CSC4(c4ccc(Cl)cc4)C3=O)cn2)C1.Cl. The Morgan fingerprint density at radius 3 is 2.65 bits per heavy atom. The summed E-state index contributed by atoms with van der Waals surface area (Å²) in [6.45, 7) is 2.68. The van der Waals surface area contributed by atoms with Crippen LogP contribution >= 0.6 is 35.8 Å². The van der Waals surface area contributed by atoms with E-state index in [0.29, 0.717) is 17.6 Å². The molecule has 2 unspecified atom stereocenters. The van der Waals surface area contributed by atoms with E-state index < -0.39 is 4.75 Å². The van der Waals surface area contributed by atoms with Crippen LogP contribution in [0.25, 0.3) is 0 Å². The minimum absolute atomic E-state index is 0. The lowest BCUT2D eigenvalue weighted by Gasteiger charge is -2.43. The average Bonchev–Trinajstić information content (AvgIpc) is 3.43. The van der Waals surface area contributed by atoms with Crippen molar-refractivity contribution in [2.45, 2.75) is 23.6 Å². The molecule has 5 rings (SSSR count). The van der Waals surface area contributed by atoms with Crippen LogP contribution in [-0.4, -0.2) is 43.6 Å². The van der Waals surface area contributed by atoms with Crippen LogP contribution in [0.1, 0.15) is 18.4 Å². The van der Waals surface area contributed by atoms with Crippen molar-refractivity contribution >= 4 is 53.2 Å². The van der Waals surface area contributed by atoms with Gasteiger partial charge in [-0.3, -0.25) is 4.79 Å². The topological polar surface area (TPSA) is 48.5 Å². The van der Waals surface area contributed by atoms with Gasteiger partial charge in [0, 0.05) is 36.6 Å². The zero-order chi connectivity index (χ0) is 20.7. The predicted octanol–water partition coefficient (Wildman–Crippen LogP) is 4.46. The lowest BCUT2D eigenvalue weighted by molar-refractivity contribution is -0.123. The van der Waals surface area contributed by atoms with E-state index in [1.54, 1.807) is 11.8 Å². The number of nitrogens with one attached hydrogen (secondary N) is 1. The van der Waals surface area contributed by atoms with Crippen LogP contribution in [0.4, 0.5) is 11.5 Å². The molecule has 1 aromatic heterocycles. The van der Waals surface area contributed by atoms with Gasteiger partial charge in [0.1, 0.15) is 10.6 Å². The fraction of sp³-hybridized carbons (Fsp3) is 0.391. The maximum atomic E-state index is 13.8. The first kappa shape index (κ1) is 22.5. The molecule has 8 heteroatoms. The lowest BCUT2D eigenvalue weighted by Crippen LogP contribution is -2.53. The summed E-state index contributed by atoms with van der Waals surface area (Å²) in [7, 11) is 2.01. The van der Waals surface area contributed by atoms with Crippen LogP contribution in [0, 0.1) is 5.92 Å². The van der Waals surface area contributed by atoms with Crippen molar-refractivity contribution < 1.29 is 4.79 Å². The molecule has 31 heavy (non-hydrogen) atoms. The van der Waals surface area contributed by atoms with Crippen molar-refractivity contribution in [3.05, 3.63) is 64.7 Å². The second kappa shape index (κ2) is 9.02. The van der Waals surface area contributed by atoms with E-state index in [4.69, 9.17) is 16.6 Å². The van der Waals surface area contributed by atoms with Gasteiger partial charge in [0.05, 0.1) is 11.9 Å². The molecule has 164 valence electrons. The molecule has 0 bridgehead atoms. The van der Waals surface area contributed by atoms with Crippen LogP contribution in [0.2, 0.25) is 5.02 Å². The van der Waals surface area contributed by atoms with Gasteiger partial charge >= 0.3 is 0 Å². The van der Waals surface area contributed by atoms with E-state index >= 15 is 0 Å². The Morgan fingerprint density at radius 1 is 1.16 bits per heavy atom. The molecule has 3 aliphatic heterocycles. The Labute approximate surface area is 198 Å². The molecular formula is C23H26Cl2N4OS. The van der Waals surface area contributed by atoms with Gasteiger partial charge in [0.25, 0.3) is 0 Å². The molecule has 0 saturated carbocycles. The number of likely N-dealkylation sites (N-methyl/N-ethyl adjacent to an activating group) is 1.